The molecule has 1 aliphatic heterocycles. The molecule has 1 N–H and O–H groups in total. The van der Waals surface area contributed by atoms with Crippen LogP contribution in [0.15, 0.2) is 54.9 Å². The van der Waals surface area contributed by atoms with Gasteiger partial charge >= 0.3 is 0 Å². The third-order valence-corrected chi connectivity index (χ3v) is 5.49. The van der Waals surface area contributed by atoms with Crippen LogP contribution in [-0.2, 0) is 4.79 Å². The minimum absolute atomic E-state index is 0.0692. The molecule has 1 aromatic carbocycles. The number of aromatic nitrogens is 3. The first kappa shape index (κ1) is 19.6. The molecule has 3 heterocycles. The molecule has 1 amide bonds. The second-order valence-electron chi connectivity index (χ2n) is 6.91. The van der Waals surface area contributed by atoms with Gasteiger partial charge in [-0.15, -0.1) is 10.2 Å². The number of benzene rings is 1. The van der Waals surface area contributed by atoms with E-state index in [1.807, 2.05) is 24.3 Å². The zero-order valence-corrected chi connectivity index (χ0v) is 17.1. The molecular weight excluding hydrogens is 409 g/mol. The van der Waals surface area contributed by atoms with Crippen molar-refractivity contribution in [1.82, 2.24) is 15.2 Å². The fourth-order valence-electron chi connectivity index (χ4n) is 3.40. The van der Waals surface area contributed by atoms with Crippen LogP contribution in [0, 0.1) is 5.92 Å². The second kappa shape index (κ2) is 8.76. The third kappa shape index (κ3) is 4.66. The predicted molar refractivity (Wildman–Crippen MR) is 115 cm³/mol. The summed E-state index contributed by atoms with van der Waals surface area (Å²) in [7, 11) is 0. The Morgan fingerprint density at radius 3 is 2.66 bits per heavy atom. The summed E-state index contributed by atoms with van der Waals surface area (Å²) in [6.45, 7) is 1.41. The first-order chi connectivity index (χ1) is 14.1. The topological polar surface area (TPSA) is 71.0 Å². The number of halogens is 2. The van der Waals surface area contributed by atoms with E-state index in [0.29, 0.717) is 22.3 Å². The molecule has 8 heteroatoms. The van der Waals surface area contributed by atoms with E-state index in [1.54, 1.807) is 30.6 Å². The summed E-state index contributed by atoms with van der Waals surface area (Å²) >= 11 is 12.2. The molecule has 1 fully saturated rings. The number of carbonyl (C=O) groups excluding carboxylic acids is 1. The maximum atomic E-state index is 12.8. The molecule has 0 bridgehead atoms. The lowest BCUT2D eigenvalue weighted by Gasteiger charge is -2.32. The molecule has 1 unspecified atom stereocenters. The van der Waals surface area contributed by atoms with Crippen LogP contribution in [0.5, 0.6) is 0 Å². The second-order valence-corrected chi connectivity index (χ2v) is 7.75. The van der Waals surface area contributed by atoms with E-state index in [0.717, 1.165) is 36.5 Å². The molecular formula is C21H19Cl2N5O. The van der Waals surface area contributed by atoms with Crippen molar-refractivity contribution in [3.05, 3.63) is 64.9 Å². The van der Waals surface area contributed by atoms with Crippen LogP contribution in [0.1, 0.15) is 12.8 Å². The van der Waals surface area contributed by atoms with Gasteiger partial charge in [0.15, 0.2) is 5.82 Å². The van der Waals surface area contributed by atoms with Gasteiger partial charge < -0.3 is 10.2 Å². The maximum absolute atomic E-state index is 12.8. The Kier molecular flexibility index (Phi) is 5.92. The van der Waals surface area contributed by atoms with Crippen molar-refractivity contribution in [3.8, 4) is 11.3 Å². The van der Waals surface area contributed by atoms with Gasteiger partial charge in [0.2, 0.25) is 5.91 Å². The lowest BCUT2D eigenvalue weighted by Crippen LogP contribution is -2.41. The Morgan fingerprint density at radius 1 is 1.07 bits per heavy atom. The van der Waals surface area contributed by atoms with Crippen molar-refractivity contribution in [1.29, 1.82) is 0 Å². The van der Waals surface area contributed by atoms with Gasteiger partial charge in [0.1, 0.15) is 0 Å². The predicted octanol–water partition coefficient (Wildman–Crippen LogP) is 4.70. The maximum Gasteiger partial charge on any atom is 0.229 e. The van der Waals surface area contributed by atoms with Crippen molar-refractivity contribution >= 4 is 40.6 Å². The summed E-state index contributed by atoms with van der Waals surface area (Å²) in [4.78, 5) is 18.9. The molecule has 3 aromatic rings. The highest BCUT2D eigenvalue weighted by Crippen LogP contribution is 2.28. The van der Waals surface area contributed by atoms with Crippen molar-refractivity contribution < 1.29 is 4.79 Å². The van der Waals surface area contributed by atoms with E-state index < -0.39 is 0 Å². The standard InChI is InChI=1S/C21H19Cl2N5O/c22-16-3-4-17(23)19(12-16)25-21(29)15-2-1-11-28(13-15)20-6-5-18(26-27-20)14-7-9-24-10-8-14/h3-10,12,15H,1-2,11,13H2,(H,25,29). The van der Waals surface area contributed by atoms with Gasteiger partial charge in [0.25, 0.3) is 0 Å². The van der Waals surface area contributed by atoms with Crippen LogP contribution < -0.4 is 10.2 Å². The quantitative estimate of drug-likeness (QED) is 0.652. The van der Waals surface area contributed by atoms with Gasteiger partial charge in [-0.05, 0) is 55.3 Å². The number of nitrogens with one attached hydrogen (secondary N) is 1. The molecule has 29 heavy (non-hydrogen) atoms. The first-order valence-corrected chi connectivity index (χ1v) is 10.1. The van der Waals surface area contributed by atoms with Crippen molar-refractivity contribution in [3.63, 3.8) is 0 Å². The van der Waals surface area contributed by atoms with Crippen LogP contribution in [0.4, 0.5) is 11.5 Å². The fourth-order valence-corrected chi connectivity index (χ4v) is 3.73. The monoisotopic (exact) mass is 427 g/mol. The normalized spacial score (nSPS) is 16.5. The van der Waals surface area contributed by atoms with Crippen LogP contribution in [0.3, 0.4) is 0 Å². The van der Waals surface area contributed by atoms with E-state index in [4.69, 9.17) is 23.2 Å². The van der Waals surface area contributed by atoms with Crippen molar-refractivity contribution in [2.24, 2.45) is 5.92 Å². The largest absolute Gasteiger partial charge is 0.354 e. The first-order valence-electron chi connectivity index (χ1n) is 9.35. The molecule has 0 radical (unpaired) electrons. The molecule has 1 atom stereocenters. The van der Waals surface area contributed by atoms with Crippen LogP contribution in [-0.4, -0.2) is 34.2 Å². The van der Waals surface area contributed by atoms with E-state index in [-0.39, 0.29) is 11.8 Å². The highest BCUT2D eigenvalue weighted by molar-refractivity contribution is 6.35. The van der Waals surface area contributed by atoms with Crippen LogP contribution in [0.2, 0.25) is 10.0 Å². The van der Waals surface area contributed by atoms with E-state index in [2.05, 4.69) is 25.4 Å². The number of hydrogen-bond donors (Lipinski definition) is 1. The fraction of sp³-hybridized carbons (Fsp3) is 0.238. The summed E-state index contributed by atoms with van der Waals surface area (Å²) in [6.07, 6.45) is 5.16. The van der Waals surface area contributed by atoms with E-state index in [1.165, 1.54) is 0 Å². The summed E-state index contributed by atoms with van der Waals surface area (Å²) in [5, 5.41) is 12.6. The average molecular weight is 428 g/mol. The summed E-state index contributed by atoms with van der Waals surface area (Å²) in [5.41, 5.74) is 2.29. The number of amides is 1. The van der Waals surface area contributed by atoms with Crippen LogP contribution in [0.25, 0.3) is 11.3 Å². The highest BCUT2D eigenvalue weighted by atomic mass is 35.5. The number of anilines is 2. The van der Waals surface area contributed by atoms with Crippen LogP contribution >= 0.6 is 23.2 Å². The number of hydrogen-bond acceptors (Lipinski definition) is 5. The molecule has 4 rings (SSSR count). The van der Waals surface area contributed by atoms with Gasteiger partial charge in [-0.3, -0.25) is 9.78 Å². The zero-order chi connectivity index (χ0) is 20.2. The summed E-state index contributed by atoms with van der Waals surface area (Å²) < 4.78 is 0. The minimum Gasteiger partial charge on any atom is -0.354 e. The summed E-state index contributed by atoms with van der Waals surface area (Å²) in [5.74, 6) is 0.529. The Bertz CT molecular complexity index is 998. The number of rotatable bonds is 4. The number of nitrogens with zero attached hydrogens (tertiary/aromatic N) is 4. The molecule has 1 saturated heterocycles. The molecule has 2 aromatic heterocycles. The average Bonchev–Trinajstić information content (AvgIpc) is 2.77. The number of pyridine rings is 1. The molecule has 148 valence electrons. The Morgan fingerprint density at radius 2 is 1.90 bits per heavy atom. The molecule has 1 aliphatic rings. The Hall–Kier alpha value is -2.70. The number of piperidine rings is 1. The molecule has 6 nitrogen and oxygen atoms in total. The zero-order valence-electron chi connectivity index (χ0n) is 15.6. The van der Waals surface area contributed by atoms with Gasteiger partial charge in [-0.25, -0.2) is 0 Å². The smallest absolute Gasteiger partial charge is 0.229 e. The van der Waals surface area contributed by atoms with Crippen molar-refractivity contribution in [2.75, 3.05) is 23.3 Å². The Labute approximate surface area is 178 Å². The van der Waals surface area contributed by atoms with E-state index >= 15 is 0 Å². The van der Waals surface area contributed by atoms with Gasteiger partial charge in [0.05, 0.1) is 22.3 Å². The highest BCUT2D eigenvalue weighted by Gasteiger charge is 2.27. The lowest BCUT2D eigenvalue weighted by atomic mass is 9.97. The summed E-state index contributed by atoms with van der Waals surface area (Å²) in [6, 6.07) is 12.7. The Balaban J connectivity index is 1.44. The van der Waals surface area contributed by atoms with Gasteiger partial charge in [0, 0.05) is 36.1 Å². The SMILES string of the molecule is O=C(Nc1cc(Cl)ccc1Cl)C1CCCN(c2ccc(-c3ccncc3)nn2)C1. The lowest BCUT2D eigenvalue weighted by molar-refractivity contribution is -0.120. The van der Waals surface area contributed by atoms with Crippen molar-refractivity contribution in [2.45, 2.75) is 12.8 Å². The third-order valence-electron chi connectivity index (χ3n) is 4.93. The molecule has 0 saturated carbocycles. The van der Waals surface area contributed by atoms with E-state index in [9.17, 15) is 4.79 Å². The molecule has 0 spiro atoms. The number of carbonyl (C=O) groups is 1. The van der Waals surface area contributed by atoms with Gasteiger partial charge in [-0.2, -0.15) is 0 Å². The minimum atomic E-state index is -0.166. The molecule has 0 aliphatic carbocycles. The van der Waals surface area contributed by atoms with Gasteiger partial charge in [-0.1, -0.05) is 23.2 Å².